The van der Waals surface area contributed by atoms with E-state index in [2.05, 4.69) is 33.2 Å². The molecule has 7 heteroatoms. The molecule has 2 rings (SSSR count). The third kappa shape index (κ3) is 4.31. The minimum Gasteiger partial charge on any atom is -0.481 e. The highest BCUT2D eigenvalue weighted by molar-refractivity contribution is 14.1. The Morgan fingerprint density at radius 1 is 1.24 bits per heavy atom. The maximum Gasteiger partial charge on any atom is 0.319 e. The number of carboxylic acid groups (broad SMARTS) is 1. The molecule has 0 aliphatic carbocycles. The highest BCUT2D eigenvalue weighted by Crippen LogP contribution is 2.30. The smallest absolute Gasteiger partial charge is 0.319 e. The summed E-state index contributed by atoms with van der Waals surface area (Å²) in [7, 11) is 0. The first-order valence-electron chi connectivity index (χ1n) is 6.63. The van der Waals surface area contributed by atoms with Crippen molar-refractivity contribution in [2.45, 2.75) is 12.8 Å². The number of hydrogen-bond acceptors (Lipinski definition) is 3. The minimum absolute atomic E-state index is 0.0991. The molecule has 0 saturated carbocycles. The lowest BCUT2D eigenvalue weighted by Crippen LogP contribution is -2.47. The molecule has 1 saturated heterocycles. The van der Waals surface area contributed by atoms with Crippen LogP contribution in [0.4, 0.5) is 10.5 Å². The van der Waals surface area contributed by atoms with Crippen molar-refractivity contribution in [3.63, 3.8) is 0 Å². The van der Waals surface area contributed by atoms with Crippen molar-refractivity contribution in [3.8, 4) is 0 Å². The lowest BCUT2D eigenvalue weighted by molar-refractivity contribution is -0.154. The summed E-state index contributed by atoms with van der Waals surface area (Å²) in [5, 5.41) is 14.7. The van der Waals surface area contributed by atoms with Gasteiger partial charge in [0.05, 0.1) is 5.41 Å². The van der Waals surface area contributed by atoms with Crippen LogP contribution in [0.5, 0.6) is 0 Å². The lowest BCUT2D eigenvalue weighted by atomic mass is 9.80. The van der Waals surface area contributed by atoms with Crippen LogP contribution >= 0.6 is 22.6 Å². The number of nitrogens with one attached hydrogen (secondary N) is 2. The van der Waals surface area contributed by atoms with E-state index in [1.165, 1.54) is 0 Å². The summed E-state index contributed by atoms with van der Waals surface area (Å²) in [6.45, 7) is 0.918. The summed E-state index contributed by atoms with van der Waals surface area (Å²) >= 11 is 2.18. The van der Waals surface area contributed by atoms with Gasteiger partial charge in [0.1, 0.15) is 0 Å². The highest BCUT2D eigenvalue weighted by atomic mass is 127. The van der Waals surface area contributed by atoms with Gasteiger partial charge in [-0.15, -0.1) is 0 Å². The predicted octanol–water partition coefficient (Wildman–Crippen LogP) is 2.29. The molecule has 3 N–H and O–H groups in total. The van der Waals surface area contributed by atoms with Gasteiger partial charge in [-0.1, -0.05) is 0 Å². The predicted molar refractivity (Wildman–Crippen MR) is 86.3 cm³/mol. The van der Waals surface area contributed by atoms with E-state index in [4.69, 9.17) is 4.74 Å². The van der Waals surface area contributed by atoms with E-state index < -0.39 is 17.4 Å². The van der Waals surface area contributed by atoms with E-state index in [0.29, 0.717) is 31.7 Å². The SMILES string of the molecule is O=C(NCC1(C(=O)O)CCOCC1)Nc1ccc(I)cc1. The van der Waals surface area contributed by atoms with Crippen LogP contribution in [-0.2, 0) is 9.53 Å². The first kappa shape index (κ1) is 16.0. The molecular formula is C14H17IN2O4. The zero-order valence-corrected chi connectivity index (χ0v) is 13.6. The van der Waals surface area contributed by atoms with Crippen LogP contribution in [0, 0.1) is 8.99 Å². The molecule has 6 nitrogen and oxygen atoms in total. The fourth-order valence-corrected chi connectivity index (χ4v) is 2.55. The van der Waals surface area contributed by atoms with E-state index in [-0.39, 0.29) is 6.54 Å². The van der Waals surface area contributed by atoms with Crippen LogP contribution in [-0.4, -0.2) is 36.9 Å². The van der Waals surface area contributed by atoms with Crippen molar-refractivity contribution in [3.05, 3.63) is 27.8 Å². The van der Waals surface area contributed by atoms with Gasteiger partial charge in [-0.3, -0.25) is 4.79 Å². The average molecular weight is 404 g/mol. The molecule has 0 atom stereocenters. The van der Waals surface area contributed by atoms with E-state index in [1.807, 2.05) is 12.1 Å². The third-order valence-electron chi connectivity index (χ3n) is 3.59. The standard InChI is InChI=1S/C14H17IN2O4/c15-10-1-3-11(4-2-10)17-13(20)16-9-14(12(18)19)5-7-21-8-6-14/h1-4H,5-9H2,(H,18,19)(H2,16,17,20). The maximum atomic E-state index is 11.9. The zero-order chi connectivity index (χ0) is 15.3. The quantitative estimate of drug-likeness (QED) is 0.673. The lowest BCUT2D eigenvalue weighted by Gasteiger charge is -2.33. The van der Waals surface area contributed by atoms with Gasteiger partial charge in [0, 0.05) is 29.0 Å². The number of halogens is 1. The van der Waals surface area contributed by atoms with Crippen molar-refractivity contribution in [2.24, 2.45) is 5.41 Å². The van der Waals surface area contributed by atoms with Crippen LogP contribution in [0.15, 0.2) is 24.3 Å². The Morgan fingerprint density at radius 3 is 2.43 bits per heavy atom. The van der Waals surface area contributed by atoms with Crippen LogP contribution in [0.2, 0.25) is 0 Å². The van der Waals surface area contributed by atoms with Gasteiger partial charge >= 0.3 is 12.0 Å². The number of carbonyl (C=O) groups excluding carboxylic acids is 1. The molecule has 1 aromatic rings. The number of anilines is 1. The second-order valence-corrected chi connectivity index (χ2v) is 6.26. The zero-order valence-electron chi connectivity index (χ0n) is 11.4. The molecule has 2 amide bonds. The topological polar surface area (TPSA) is 87.7 Å². The molecule has 0 spiro atoms. The molecule has 1 aliphatic rings. The summed E-state index contributed by atoms with van der Waals surface area (Å²) in [6, 6.07) is 6.95. The first-order chi connectivity index (χ1) is 10.0. The molecular weight excluding hydrogens is 387 g/mol. The number of carbonyl (C=O) groups is 2. The van der Waals surface area contributed by atoms with Gasteiger partial charge in [-0.25, -0.2) is 4.79 Å². The Labute approximate surface area is 136 Å². The van der Waals surface area contributed by atoms with Gasteiger partial charge in [0.2, 0.25) is 0 Å². The Hall–Kier alpha value is -1.35. The summed E-state index contributed by atoms with van der Waals surface area (Å²) in [5.74, 6) is -0.889. The highest BCUT2D eigenvalue weighted by Gasteiger charge is 2.40. The number of aliphatic carboxylic acids is 1. The molecule has 0 radical (unpaired) electrons. The first-order valence-corrected chi connectivity index (χ1v) is 7.71. The summed E-state index contributed by atoms with van der Waals surface area (Å²) in [6.07, 6.45) is 0.818. The average Bonchev–Trinajstić information content (AvgIpc) is 2.48. The van der Waals surface area contributed by atoms with E-state index >= 15 is 0 Å². The number of hydrogen-bond donors (Lipinski definition) is 3. The van der Waals surface area contributed by atoms with Crippen molar-refractivity contribution in [2.75, 3.05) is 25.1 Å². The Balaban J connectivity index is 1.90. The second kappa shape index (κ2) is 7.08. The van der Waals surface area contributed by atoms with Crippen molar-refractivity contribution < 1.29 is 19.4 Å². The van der Waals surface area contributed by atoms with Gasteiger partial charge in [-0.2, -0.15) is 0 Å². The van der Waals surface area contributed by atoms with E-state index in [1.54, 1.807) is 12.1 Å². The second-order valence-electron chi connectivity index (χ2n) is 5.01. The van der Waals surface area contributed by atoms with E-state index in [0.717, 1.165) is 3.57 Å². The molecule has 0 unspecified atom stereocenters. The molecule has 1 aliphatic heterocycles. The monoisotopic (exact) mass is 404 g/mol. The molecule has 1 heterocycles. The molecule has 1 aromatic carbocycles. The molecule has 114 valence electrons. The Bertz CT molecular complexity index is 512. The van der Waals surface area contributed by atoms with Crippen LogP contribution < -0.4 is 10.6 Å². The number of rotatable bonds is 4. The largest absolute Gasteiger partial charge is 0.481 e. The van der Waals surface area contributed by atoms with E-state index in [9.17, 15) is 14.7 Å². The number of benzene rings is 1. The fraction of sp³-hybridized carbons (Fsp3) is 0.429. The van der Waals surface area contributed by atoms with Crippen LogP contribution in [0.3, 0.4) is 0 Å². The van der Waals surface area contributed by atoms with Crippen molar-refractivity contribution >= 4 is 40.3 Å². The summed E-state index contributed by atoms with van der Waals surface area (Å²) < 4.78 is 6.27. The molecule has 1 fully saturated rings. The van der Waals surface area contributed by atoms with Gasteiger partial charge in [0.15, 0.2) is 0 Å². The van der Waals surface area contributed by atoms with Gasteiger partial charge in [0.25, 0.3) is 0 Å². The number of amides is 2. The summed E-state index contributed by atoms with van der Waals surface area (Å²) in [4.78, 5) is 23.3. The van der Waals surface area contributed by atoms with Crippen LogP contribution in [0.1, 0.15) is 12.8 Å². The molecule has 21 heavy (non-hydrogen) atoms. The van der Waals surface area contributed by atoms with Crippen molar-refractivity contribution in [1.29, 1.82) is 0 Å². The van der Waals surface area contributed by atoms with Crippen molar-refractivity contribution in [1.82, 2.24) is 5.32 Å². The fourth-order valence-electron chi connectivity index (χ4n) is 2.19. The number of carboxylic acids is 1. The Morgan fingerprint density at radius 2 is 1.86 bits per heavy atom. The van der Waals surface area contributed by atoms with Gasteiger partial charge < -0.3 is 20.5 Å². The van der Waals surface area contributed by atoms with Crippen LogP contribution in [0.25, 0.3) is 0 Å². The maximum absolute atomic E-state index is 11.9. The summed E-state index contributed by atoms with van der Waals surface area (Å²) in [5.41, 5.74) is -0.258. The van der Waals surface area contributed by atoms with Gasteiger partial charge in [-0.05, 0) is 59.7 Å². The third-order valence-corrected chi connectivity index (χ3v) is 4.31. The minimum atomic E-state index is -0.929. The number of ether oxygens (including phenoxy) is 1. The molecule has 0 bridgehead atoms. The Kier molecular flexibility index (Phi) is 5.40. The molecule has 0 aromatic heterocycles. The normalized spacial score (nSPS) is 17.0. The number of urea groups is 1.